The van der Waals surface area contributed by atoms with Gasteiger partial charge in [0, 0.05) is 44.4 Å². The molecule has 1 heterocycles. The molecule has 1 saturated heterocycles. The molecule has 1 aliphatic heterocycles. The minimum Gasteiger partial charge on any atom is -0.351 e. The highest BCUT2D eigenvalue weighted by molar-refractivity contribution is 7.88. The van der Waals surface area contributed by atoms with Crippen LogP contribution in [0.1, 0.15) is 11.1 Å². The smallest absolute Gasteiger partial charge is 0.234 e. The highest BCUT2D eigenvalue weighted by Gasteiger charge is 2.28. The fourth-order valence-electron chi connectivity index (χ4n) is 3.15. The topological polar surface area (TPSA) is 69.7 Å². The molecule has 1 fully saturated rings. The van der Waals surface area contributed by atoms with Crippen molar-refractivity contribution in [2.45, 2.75) is 12.3 Å². The Labute approximate surface area is 169 Å². The van der Waals surface area contributed by atoms with Gasteiger partial charge in [-0.2, -0.15) is 4.31 Å². The molecular formula is C20H23F2N3O3S. The summed E-state index contributed by atoms with van der Waals surface area (Å²) in [4.78, 5) is 14.0. The first-order valence-electron chi connectivity index (χ1n) is 9.28. The van der Waals surface area contributed by atoms with Crippen molar-refractivity contribution < 1.29 is 22.0 Å². The maximum atomic E-state index is 13.8. The number of hydrogen-bond acceptors (Lipinski definition) is 4. The summed E-state index contributed by atoms with van der Waals surface area (Å²) in [6.07, 6.45) is 0. The van der Waals surface area contributed by atoms with Crippen molar-refractivity contribution in [2.24, 2.45) is 0 Å². The van der Waals surface area contributed by atoms with Crippen LogP contribution in [0.2, 0.25) is 0 Å². The third-order valence-corrected chi connectivity index (χ3v) is 6.61. The van der Waals surface area contributed by atoms with Crippen LogP contribution in [0.4, 0.5) is 8.78 Å². The second-order valence-electron chi connectivity index (χ2n) is 6.93. The molecular weight excluding hydrogens is 400 g/mol. The number of hydrogen-bond donors (Lipinski definition) is 1. The fourth-order valence-corrected chi connectivity index (χ4v) is 4.68. The number of carbonyl (C=O) groups excluding carboxylic acids is 1. The van der Waals surface area contributed by atoms with Crippen molar-refractivity contribution in [3.05, 3.63) is 71.3 Å². The lowest BCUT2D eigenvalue weighted by molar-refractivity contribution is -0.122. The van der Waals surface area contributed by atoms with E-state index in [1.165, 1.54) is 4.31 Å². The maximum absolute atomic E-state index is 13.8. The Balaban J connectivity index is 1.47. The van der Waals surface area contributed by atoms with Crippen LogP contribution in [-0.2, 0) is 27.1 Å². The van der Waals surface area contributed by atoms with Gasteiger partial charge in [-0.25, -0.2) is 17.2 Å². The lowest BCUT2D eigenvalue weighted by Crippen LogP contribution is -2.51. The van der Waals surface area contributed by atoms with E-state index in [0.29, 0.717) is 25.7 Å². The van der Waals surface area contributed by atoms with Crippen molar-refractivity contribution in [3.63, 3.8) is 0 Å². The number of carbonyl (C=O) groups is 1. The second kappa shape index (κ2) is 9.43. The molecule has 3 rings (SSSR count). The van der Waals surface area contributed by atoms with Gasteiger partial charge in [0.2, 0.25) is 15.9 Å². The quantitative estimate of drug-likeness (QED) is 0.737. The number of sulfonamides is 1. The Hall–Kier alpha value is -2.36. The molecule has 1 N–H and O–H groups in total. The Bertz CT molecular complexity index is 947. The Morgan fingerprint density at radius 3 is 2.34 bits per heavy atom. The Kier molecular flexibility index (Phi) is 6.94. The number of piperazine rings is 1. The van der Waals surface area contributed by atoms with Crippen molar-refractivity contribution in [1.29, 1.82) is 0 Å². The first kappa shape index (κ1) is 21.4. The molecule has 0 aliphatic carbocycles. The van der Waals surface area contributed by atoms with Crippen LogP contribution < -0.4 is 5.32 Å². The number of nitrogens with zero attached hydrogens (tertiary/aromatic N) is 2. The lowest BCUT2D eigenvalue weighted by atomic mass is 10.2. The van der Waals surface area contributed by atoms with Crippen molar-refractivity contribution >= 4 is 15.9 Å². The van der Waals surface area contributed by atoms with Gasteiger partial charge < -0.3 is 5.32 Å². The van der Waals surface area contributed by atoms with E-state index in [1.807, 2.05) is 35.2 Å². The summed E-state index contributed by atoms with van der Waals surface area (Å²) in [5.41, 5.74) is 0.943. The van der Waals surface area contributed by atoms with Gasteiger partial charge in [0.15, 0.2) is 0 Å². The molecule has 29 heavy (non-hydrogen) atoms. The molecule has 0 radical (unpaired) electrons. The number of amides is 1. The Morgan fingerprint density at radius 2 is 1.69 bits per heavy atom. The molecule has 1 aliphatic rings. The van der Waals surface area contributed by atoms with Crippen LogP contribution in [0.5, 0.6) is 0 Å². The minimum absolute atomic E-state index is 0.0610. The van der Waals surface area contributed by atoms with Crippen molar-refractivity contribution in [1.82, 2.24) is 14.5 Å². The standard InChI is InChI=1S/C20H23F2N3O3S/c21-18-7-6-17(19(22)12-18)15-29(27,28)25-10-8-24(9-11-25)14-20(26)23-13-16-4-2-1-3-5-16/h1-7,12H,8-11,13-15H2,(H,23,26). The van der Waals surface area contributed by atoms with Gasteiger partial charge in [-0.15, -0.1) is 0 Å². The van der Waals surface area contributed by atoms with E-state index in [4.69, 9.17) is 0 Å². The zero-order valence-corrected chi connectivity index (χ0v) is 16.7. The molecule has 2 aromatic carbocycles. The van der Waals surface area contributed by atoms with Crippen molar-refractivity contribution in [3.8, 4) is 0 Å². The summed E-state index contributed by atoms with van der Waals surface area (Å²) in [5.74, 6) is -2.26. The van der Waals surface area contributed by atoms with Gasteiger partial charge in [0.05, 0.1) is 12.3 Å². The van der Waals surface area contributed by atoms with E-state index < -0.39 is 27.4 Å². The van der Waals surface area contributed by atoms with Crippen LogP contribution in [0, 0.1) is 11.6 Å². The number of rotatable bonds is 7. The average molecular weight is 423 g/mol. The van der Waals surface area contributed by atoms with Gasteiger partial charge >= 0.3 is 0 Å². The highest BCUT2D eigenvalue weighted by Crippen LogP contribution is 2.17. The molecule has 156 valence electrons. The minimum atomic E-state index is -3.73. The number of nitrogens with one attached hydrogen (secondary N) is 1. The van der Waals surface area contributed by atoms with E-state index in [1.54, 1.807) is 0 Å². The largest absolute Gasteiger partial charge is 0.351 e. The zero-order chi connectivity index (χ0) is 20.9. The highest BCUT2D eigenvalue weighted by atomic mass is 32.2. The van der Waals surface area contributed by atoms with Crippen LogP contribution in [-0.4, -0.2) is 56.3 Å². The fraction of sp³-hybridized carbons (Fsp3) is 0.350. The van der Waals surface area contributed by atoms with Crippen LogP contribution >= 0.6 is 0 Å². The molecule has 0 unspecified atom stereocenters. The second-order valence-corrected chi connectivity index (χ2v) is 8.90. The average Bonchev–Trinajstić information content (AvgIpc) is 2.70. The predicted molar refractivity (Wildman–Crippen MR) is 105 cm³/mol. The van der Waals surface area contributed by atoms with E-state index in [0.717, 1.165) is 17.7 Å². The molecule has 0 saturated carbocycles. The van der Waals surface area contributed by atoms with Crippen LogP contribution in [0.3, 0.4) is 0 Å². The normalized spacial score (nSPS) is 15.9. The van der Waals surface area contributed by atoms with Crippen molar-refractivity contribution in [2.75, 3.05) is 32.7 Å². The van der Waals surface area contributed by atoms with Gasteiger partial charge in [-0.3, -0.25) is 9.69 Å². The summed E-state index contributed by atoms with van der Waals surface area (Å²) in [5, 5.41) is 2.85. The third-order valence-electron chi connectivity index (χ3n) is 4.78. The molecule has 6 nitrogen and oxygen atoms in total. The van der Waals surface area contributed by atoms with E-state index in [-0.39, 0.29) is 31.1 Å². The van der Waals surface area contributed by atoms with Gasteiger partial charge in [-0.05, 0) is 11.6 Å². The zero-order valence-electron chi connectivity index (χ0n) is 15.9. The predicted octanol–water partition coefficient (Wildman–Crippen LogP) is 1.73. The van der Waals surface area contributed by atoms with Gasteiger partial charge in [0.25, 0.3) is 0 Å². The molecule has 0 spiro atoms. The number of halogens is 2. The molecule has 2 aromatic rings. The Morgan fingerprint density at radius 1 is 1.00 bits per heavy atom. The lowest BCUT2D eigenvalue weighted by Gasteiger charge is -2.33. The molecule has 0 aromatic heterocycles. The molecule has 0 atom stereocenters. The van der Waals surface area contributed by atoms with E-state index in [2.05, 4.69) is 5.32 Å². The maximum Gasteiger partial charge on any atom is 0.234 e. The first-order chi connectivity index (χ1) is 13.8. The SMILES string of the molecule is O=C(CN1CCN(S(=O)(=O)Cc2ccc(F)cc2F)CC1)NCc1ccccc1. The van der Waals surface area contributed by atoms with Crippen LogP contribution in [0.15, 0.2) is 48.5 Å². The van der Waals surface area contributed by atoms with E-state index in [9.17, 15) is 22.0 Å². The van der Waals surface area contributed by atoms with Gasteiger partial charge in [0.1, 0.15) is 11.6 Å². The monoisotopic (exact) mass is 423 g/mol. The first-order valence-corrected chi connectivity index (χ1v) is 10.9. The third kappa shape index (κ3) is 6.06. The summed E-state index contributed by atoms with van der Waals surface area (Å²) in [6, 6.07) is 12.4. The summed E-state index contributed by atoms with van der Waals surface area (Å²) in [7, 11) is -3.73. The van der Waals surface area contributed by atoms with Gasteiger partial charge in [-0.1, -0.05) is 36.4 Å². The molecule has 9 heteroatoms. The van der Waals surface area contributed by atoms with E-state index >= 15 is 0 Å². The summed E-state index contributed by atoms with van der Waals surface area (Å²) < 4.78 is 53.2. The summed E-state index contributed by atoms with van der Waals surface area (Å²) in [6.45, 7) is 1.88. The van der Waals surface area contributed by atoms with Crippen LogP contribution in [0.25, 0.3) is 0 Å². The summed E-state index contributed by atoms with van der Waals surface area (Å²) >= 11 is 0. The number of benzene rings is 2. The molecule has 1 amide bonds. The molecule has 0 bridgehead atoms.